The van der Waals surface area contributed by atoms with E-state index >= 15 is 0 Å². The van der Waals surface area contributed by atoms with E-state index in [1.165, 1.54) is 0 Å². The van der Waals surface area contributed by atoms with Crippen molar-refractivity contribution in [2.45, 2.75) is 18.5 Å². The van der Waals surface area contributed by atoms with E-state index in [2.05, 4.69) is 5.32 Å². The SMILES string of the molecule is N[C@H]1CN[C@H](CO)C1. The topological polar surface area (TPSA) is 58.3 Å². The van der Waals surface area contributed by atoms with Gasteiger partial charge in [-0.1, -0.05) is 0 Å². The van der Waals surface area contributed by atoms with Gasteiger partial charge in [0.05, 0.1) is 6.61 Å². The Kier molecular flexibility index (Phi) is 1.83. The van der Waals surface area contributed by atoms with Crippen molar-refractivity contribution in [1.29, 1.82) is 0 Å². The molecule has 0 aromatic heterocycles. The average Bonchev–Trinajstić information content (AvgIpc) is 2.14. The summed E-state index contributed by atoms with van der Waals surface area (Å²) in [4.78, 5) is 0. The highest BCUT2D eigenvalue weighted by Gasteiger charge is 2.18. The normalized spacial score (nSPS) is 38.2. The maximum absolute atomic E-state index is 8.57. The first-order valence-electron chi connectivity index (χ1n) is 2.92. The summed E-state index contributed by atoms with van der Waals surface area (Å²) in [5, 5.41) is 11.6. The summed E-state index contributed by atoms with van der Waals surface area (Å²) >= 11 is 0. The highest BCUT2D eigenvalue weighted by atomic mass is 16.3. The van der Waals surface area contributed by atoms with Crippen LogP contribution in [0.25, 0.3) is 0 Å². The molecule has 48 valence electrons. The Labute approximate surface area is 48.9 Å². The zero-order valence-corrected chi connectivity index (χ0v) is 4.80. The molecule has 1 aliphatic rings. The van der Waals surface area contributed by atoms with Crippen LogP contribution < -0.4 is 11.1 Å². The van der Waals surface area contributed by atoms with Gasteiger partial charge >= 0.3 is 0 Å². The van der Waals surface area contributed by atoms with Gasteiger partial charge < -0.3 is 16.2 Å². The second-order valence-corrected chi connectivity index (χ2v) is 2.28. The zero-order valence-electron chi connectivity index (χ0n) is 4.80. The number of aliphatic hydroxyl groups excluding tert-OH is 1. The predicted octanol–water partition coefficient (Wildman–Crippen LogP) is -1.33. The molecule has 1 saturated heterocycles. The van der Waals surface area contributed by atoms with Gasteiger partial charge in [-0.25, -0.2) is 0 Å². The Morgan fingerprint density at radius 3 is 2.75 bits per heavy atom. The van der Waals surface area contributed by atoms with E-state index < -0.39 is 0 Å². The lowest BCUT2D eigenvalue weighted by Crippen LogP contribution is -2.25. The summed E-state index contributed by atoms with van der Waals surface area (Å²) < 4.78 is 0. The molecule has 0 aliphatic carbocycles. The Hall–Kier alpha value is -0.120. The van der Waals surface area contributed by atoms with Crippen molar-refractivity contribution in [1.82, 2.24) is 5.32 Å². The van der Waals surface area contributed by atoms with Gasteiger partial charge in [-0.15, -0.1) is 0 Å². The number of nitrogens with two attached hydrogens (primary N) is 1. The Morgan fingerprint density at radius 1 is 1.75 bits per heavy atom. The highest BCUT2D eigenvalue weighted by Crippen LogP contribution is 2.01. The van der Waals surface area contributed by atoms with E-state index in [0.29, 0.717) is 0 Å². The molecule has 1 heterocycles. The Balaban J connectivity index is 2.22. The number of hydrogen-bond donors (Lipinski definition) is 3. The standard InChI is InChI=1S/C5H12N2O/c6-4-1-5(3-8)7-2-4/h4-5,7-8H,1-3,6H2/t4-,5+/m1/s1. The van der Waals surface area contributed by atoms with Crippen LogP contribution in [-0.4, -0.2) is 30.3 Å². The molecule has 2 atom stereocenters. The van der Waals surface area contributed by atoms with Crippen LogP contribution in [-0.2, 0) is 0 Å². The van der Waals surface area contributed by atoms with Gasteiger partial charge in [0.15, 0.2) is 0 Å². The lowest BCUT2D eigenvalue weighted by atomic mass is 10.2. The average molecular weight is 116 g/mol. The molecule has 0 radical (unpaired) electrons. The molecule has 3 nitrogen and oxygen atoms in total. The lowest BCUT2D eigenvalue weighted by molar-refractivity contribution is 0.254. The third-order valence-electron chi connectivity index (χ3n) is 1.48. The molecular formula is C5H12N2O. The maximum Gasteiger partial charge on any atom is 0.0585 e. The summed E-state index contributed by atoms with van der Waals surface area (Å²) in [7, 11) is 0. The molecule has 1 fully saturated rings. The Morgan fingerprint density at radius 2 is 2.50 bits per heavy atom. The molecule has 0 amide bonds. The van der Waals surface area contributed by atoms with Crippen molar-refractivity contribution in [3.05, 3.63) is 0 Å². The minimum atomic E-state index is 0.216. The molecule has 8 heavy (non-hydrogen) atoms. The summed E-state index contributed by atoms with van der Waals surface area (Å²) in [6, 6.07) is 0.511. The maximum atomic E-state index is 8.57. The number of aliphatic hydroxyl groups is 1. The van der Waals surface area contributed by atoms with Crippen LogP contribution in [0.15, 0.2) is 0 Å². The van der Waals surface area contributed by atoms with Gasteiger partial charge in [0.25, 0.3) is 0 Å². The van der Waals surface area contributed by atoms with E-state index in [1.807, 2.05) is 0 Å². The second kappa shape index (κ2) is 2.44. The van der Waals surface area contributed by atoms with Crippen molar-refractivity contribution in [2.24, 2.45) is 5.73 Å². The van der Waals surface area contributed by atoms with Crippen LogP contribution in [0, 0.1) is 0 Å². The molecule has 0 saturated carbocycles. The van der Waals surface area contributed by atoms with Gasteiger partial charge in [-0.05, 0) is 6.42 Å². The predicted molar refractivity (Wildman–Crippen MR) is 31.5 cm³/mol. The van der Waals surface area contributed by atoms with Crippen molar-refractivity contribution in [3.8, 4) is 0 Å². The van der Waals surface area contributed by atoms with Gasteiger partial charge in [-0.3, -0.25) is 0 Å². The van der Waals surface area contributed by atoms with Gasteiger partial charge in [-0.2, -0.15) is 0 Å². The molecule has 0 bridgehead atoms. The number of nitrogens with one attached hydrogen (secondary N) is 1. The summed E-state index contributed by atoms with van der Waals surface area (Å²) in [5.41, 5.74) is 5.53. The first kappa shape index (κ1) is 6.01. The monoisotopic (exact) mass is 116 g/mol. The summed E-state index contributed by atoms with van der Waals surface area (Å²) in [6.07, 6.45) is 0.913. The molecular weight excluding hydrogens is 104 g/mol. The van der Waals surface area contributed by atoms with Crippen LogP contribution >= 0.6 is 0 Å². The van der Waals surface area contributed by atoms with Crippen LogP contribution in [0.5, 0.6) is 0 Å². The smallest absolute Gasteiger partial charge is 0.0585 e. The Bertz CT molecular complexity index is 76.8. The molecule has 4 N–H and O–H groups in total. The van der Waals surface area contributed by atoms with Gasteiger partial charge in [0, 0.05) is 18.6 Å². The fourth-order valence-electron chi connectivity index (χ4n) is 0.989. The van der Waals surface area contributed by atoms with Crippen LogP contribution in [0.3, 0.4) is 0 Å². The fraction of sp³-hybridized carbons (Fsp3) is 1.00. The quantitative estimate of drug-likeness (QED) is 0.398. The van der Waals surface area contributed by atoms with Crippen molar-refractivity contribution < 1.29 is 5.11 Å². The molecule has 1 aliphatic heterocycles. The molecule has 3 heteroatoms. The van der Waals surface area contributed by atoms with E-state index in [-0.39, 0.29) is 18.7 Å². The van der Waals surface area contributed by atoms with Crippen LogP contribution in [0.1, 0.15) is 6.42 Å². The van der Waals surface area contributed by atoms with E-state index in [4.69, 9.17) is 10.8 Å². The molecule has 0 aromatic rings. The molecule has 0 spiro atoms. The first-order valence-corrected chi connectivity index (χ1v) is 2.92. The van der Waals surface area contributed by atoms with Crippen LogP contribution in [0.2, 0.25) is 0 Å². The third kappa shape index (κ3) is 1.18. The molecule has 1 rings (SSSR count). The van der Waals surface area contributed by atoms with Crippen LogP contribution in [0.4, 0.5) is 0 Å². The minimum Gasteiger partial charge on any atom is -0.395 e. The van der Waals surface area contributed by atoms with Crippen molar-refractivity contribution >= 4 is 0 Å². The second-order valence-electron chi connectivity index (χ2n) is 2.28. The van der Waals surface area contributed by atoms with Crippen molar-refractivity contribution in [3.63, 3.8) is 0 Å². The van der Waals surface area contributed by atoms with Gasteiger partial charge in [0.2, 0.25) is 0 Å². The molecule has 0 aromatic carbocycles. The van der Waals surface area contributed by atoms with Crippen molar-refractivity contribution in [2.75, 3.05) is 13.2 Å². The van der Waals surface area contributed by atoms with E-state index in [1.54, 1.807) is 0 Å². The number of rotatable bonds is 1. The van der Waals surface area contributed by atoms with Gasteiger partial charge in [0.1, 0.15) is 0 Å². The third-order valence-corrected chi connectivity index (χ3v) is 1.48. The number of hydrogen-bond acceptors (Lipinski definition) is 3. The van der Waals surface area contributed by atoms with E-state index in [0.717, 1.165) is 13.0 Å². The van der Waals surface area contributed by atoms with E-state index in [9.17, 15) is 0 Å². The highest BCUT2D eigenvalue weighted by molar-refractivity contribution is 4.82. The molecule has 0 unspecified atom stereocenters. The summed E-state index contributed by atoms with van der Waals surface area (Å²) in [6.45, 7) is 1.07. The largest absolute Gasteiger partial charge is 0.395 e. The summed E-state index contributed by atoms with van der Waals surface area (Å²) in [5.74, 6) is 0. The lowest BCUT2D eigenvalue weighted by Gasteiger charge is -2.01. The first-order chi connectivity index (χ1) is 3.83. The fourth-order valence-corrected chi connectivity index (χ4v) is 0.989. The minimum absolute atomic E-state index is 0.216. The zero-order chi connectivity index (χ0) is 5.98.